The summed E-state index contributed by atoms with van der Waals surface area (Å²) in [6.45, 7) is 1.73. The number of nitrogens with one attached hydrogen (secondary N) is 1. The fourth-order valence-corrected chi connectivity index (χ4v) is 4.05. The molecule has 0 aliphatic rings. The molecule has 4 aromatic rings. The SMILES string of the molecule is CC(Oc1ccc(-c2ccccc2)cc1)C(=O)Nc1nc(-c2cccc(Br)c2)cs1. The average molecular weight is 479 g/mol. The lowest BCUT2D eigenvalue weighted by Crippen LogP contribution is -2.30. The highest BCUT2D eigenvalue weighted by Gasteiger charge is 2.17. The number of carbonyl (C=O) groups is 1. The highest BCUT2D eigenvalue weighted by Crippen LogP contribution is 2.27. The molecule has 1 N–H and O–H groups in total. The van der Waals surface area contributed by atoms with Crippen molar-refractivity contribution in [3.05, 3.63) is 88.7 Å². The van der Waals surface area contributed by atoms with Crippen molar-refractivity contribution in [3.63, 3.8) is 0 Å². The van der Waals surface area contributed by atoms with Crippen molar-refractivity contribution in [2.24, 2.45) is 0 Å². The van der Waals surface area contributed by atoms with E-state index in [0.29, 0.717) is 10.9 Å². The van der Waals surface area contributed by atoms with E-state index in [0.717, 1.165) is 26.9 Å². The third kappa shape index (κ3) is 4.96. The minimum absolute atomic E-state index is 0.239. The molecule has 1 aromatic heterocycles. The minimum Gasteiger partial charge on any atom is -0.481 e. The van der Waals surface area contributed by atoms with Crippen LogP contribution in [-0.4, -0.2) is 17.0 Å². The Morgan fingerprint density at radius 2 is 1.67 bits per heavy atom. The predicted octanol–water partition coefficient (Wildman–Crippen LogP) is 6.65. The zero-order valence-corrected chi connectivity index (χ0v) is 18.6. The Morgan fingerprint density at radius 1 is 0.967 bits per heavy atom. The predicted molar refractivity (Wildman–Crippen MR) is 126 cm³/mol. The number of aromatic nitrogens is 1. The van der Waals surface area contributed by atoms with E-state index in [2.05, 4.69) is 38.4 Å². The Kier molecular flexibility index (Phi) is 6.26. The molecular formula is C24H19BrN2O2S. The van der Waals surface area contributed by atoms with Crippen LogP contribution in [0.1, 0.15) is 6.92 Å². The first-order chi connectivity index (χ1) is 14.6. The van der Waals surface area contributed by atoms with Crippen LogP contribution in [-0.2, 0) is 4.79 Å². The number of nitrogens with zero attached hydrogens (tertiary/aromatic N) is 1. The summed E-state index contributed by atoms with van der Waals surface area (Å²) in [5.41, 5.74) is 4.05. The molecule has 150 valence electrons. The third-order valence-electron chi connectivity index (χ3n) is 4.50. The van der Waals surface area contributed by atoms with Crippen LogP contribution >= 0.6 is 27.3 Å². The number of rotatable bonds is 6. The number of thiazole rings is 1. The first-order valence-corrected chi connectivity index (χ1v) is 11.1. The van der Waals surface area contributed by atoms with Gasteiger partial charge in [0, 0.05) is 15.4 Å². The molecule has 0 bridgehead atoms. The van der Waals surface area contributed by atoms with E-state index < -0.39 is 6.10 Å². The lowest BCUT2D eigenvalue weighted by atomic mass is 10.1. The summed E-state index contributed by atoms with van der Waals surface area (Å²) in [7, 11) is 0. The number of benzene rings is 3. The van der Waals surface area contributed by atoms with Crippen molar-refractivity contribution in [2.75, 3.05) is 5.32 Å². The van der Waals surface area contributed by atoms with Crippen molar-refractivity contribution in [1.82, 2.24) is 4.98 Å². The molecule has 0 fully saturated rings. The first-order valence-electron chi connectivity index (χ1n) is 9.43. The summed E-state index contributed by atoms with van der Waals surface area (Å²) in [6, 6.07) is 25.7. The Labute approximate surface area is 187 Å². The molecule has 0 spiro atoms. The van der Waals surface area contributed by atoms with E-state index in [1.165, 1.54) is 11.3 Å². The lowest BCUT2D eigenvalue weighted by molar-refractivity contribution is -0.122. The van der Waals surface area contributed by atoms with Crippen molar-refractivity contribution in [2.45, 2.75) is 13.0 Å². The zero-order valence-electron chi connectivity index (χ0n) is 16.2. The van der Waals surface area contributed by atoms with E-state index in [1.807, 2.05) is 72.1 Å². The van der Waals surface area contributed by atoms with Gasteiger partial charge in [-0.3, -0.25) is 10.1 Å². The number of ether oxygens (including phenoxy) is 1. The molecule has 1 unspecified atom stereocenters. The van der Waals surface area contributed by atoms with Gasteiger partial charge in [0.1, 0.15) is 5.75 Å². The fourth-order valence-electron chi connectivity index (χ4n) is 2.93. The molecular weight excluding hydrogens is 460 g/mol. The van der Waals surface area contributed by atoms with Crippen molar-refractivity contribution < 1.29 is 9.53 Å². The van der Waals surface area contributed by atoms with E-state index in [-0.39, 0.29) is 5.91 Å². The fraction of sp³-hybridized carbons (Fsp3) is 0.0833. The number of halogens is 1. The molecule has 0 radical (unpaired) electrons. The standard InChI is InChI=1S/C24H19BrN2O2S/c1-16(29-21-12-10-18(11-13-21)17-6-3-2-4-7-17)23(28)27-24-26-22(15-30-24)19-8-5-9-20(25)14-19/h2-16H,1H3,(H,26,27,28). The first kappa shape index (κ1) is 20.3. The largest absolute Gasteiger partial charge is 0.481 e. The molecule has 1 amide bonds. The summed E-state index contributed by atoms with van der Waals surface area (Å²) < 4.78 is 6.79. The van der Waals surface area contributed by atoms with E-state index in [9.17, 15) is 4.79 Å². The lowest BCUT2D eigenvalue weighted by Gasteiger charge is -2.14. The molecule has 4 nitrogen and oxygen atoms in total. The van der Waals surface area contributed by atoms with Gasteiger partial charge in [-0.1, -0.05) is 70.5 Å². The molecule has 30 heavy (non-hydrogen) atoms. The van der Waals surface area contributed by atoms with Crippen molar-refractivity contribution >= 4 is 38.3 Å². The van der Waals surface area contributed by atoms with Gasteiger partial charge < -0.3 is 4.74 Å². The summed E-state index contributed by atoms with van der Waals surface area (Å²) in [6.07, 6.45) is -0.647. The number of carbonyl (C=O) groups excluding carboxylic acids is 1. The highest BCUT2D eigenvalue weighted by molar-refractivity contribution is 9.10. The van der Waals surface area contributed by atoms with Crippen LogP contribution in [0.4, 0.5) is 5.13 Å². The summed E-state index contributed by atoms with van der Waals surface area (Å²) in [4.78, 5) is 17.0. The van der Waals surface area contributed by atoms with E-state index in [1.54, 1.807) is 6.92 Å². The van der Waals surface area contributed by atoms with Gasteiger partial charge in [-0.05, 0) is 42.3 Å². The van der Waals surface area contributed by atoms with Gasteiger partial charge >= 0.3 is 0 Å². The second-order valence-corrected chi connectivity index (χ2v) is 8.46. The average Bonchev–Trinajstić information content (AvgIpc) is 3.23. The second-order valence-electron chi connectivity index (χ2n) is 6.69. The van der Waals surface area contributed by atoms with Gasteiger partial charge in [0.05, 0.1) is 5.69 Å². The molecule has 0 saturated carbocycles. The Bertz CT molecular complexity index is 1140. The zero-order chi connectivity index (χ0) is 20.9. The summed E-state index contributed by atoms with van der Waals surface area (Å²) in [5, 5.41) is 5.30. The Balaban J connectivity index is 1.37. The monoisotopic (exact) mass is 478 g/mol. The molecule has 4 rings (SSSR count). The maximum atomic E-state index is 12.5. The molecule has 0 aliphatic heterocycles. The molecule has 0 aliphatic carbocycles. The second kappa shape index (κ2) is 9.24. The molecule has 3 aromatic carbocycles. The van der Waals surface area contributed by atoms with E-state index >= 15 is 0 Å². The van der Waals surface area contributed by atoms with Crippen LogP contribution < -0.4 is 10.1 Å². The summed E-state index contributed by atoms with van der Waals surface area (Å²) >= 11 is 4.85. The van der Waals surface area contributed by atoms with Crippen molar-refractivity contribution in [3.8, 4) is 28.1 Å². The molecule has 0 saturated heterocycles. The minimum atomic E-state index is -0.647. The highest BCUT2D eigenvalue weighted by atomic mass is 79.9. The van der Waals surface area contributed by atoms with Crippen molar-refractivity contribution in [1.29, 1.82) is 0 Å². The van der Waals surface area contributed by atoms with Gasteiger partial charge in [0.25, 0.3) is 5.91 Å². The maximum Gasteiger partial charge on any atom is 0.266 e. The summed E-state index contributed by atoms with van der Waals surface area (Å²) in [5.74, 6) is 0.406. The number of hydrogen-bond acceptors (Lipinski definition) is 4. The van der Waals surface area contributed by atoms with Crippen LogP contribution in [0.15, 0.2) is 88.7 Å². The van der Waals surface area contributed by atoms with Gasteiger partial charge in [-0.2, -0.15) is 0 Å². The van der Waals surface area contributed by atoms with Crippen LogP contribution in [0.25, 0.3) is 22.4 Å². The van der Waals surface area contributed by atoms with E-state index in [4.69, 9.17) is 4.74 Å². The maximum absolute atomic E-state index is 12.5. The van der Waals surface area contributed by atoms with Gasteiger partial charge in [0.15, 0.2) is 11.2 Å². The third-order valence-corrected chi connectivity index (χ3v) is 5.75. The van der Waals surface area contributed by atoms with Gasteiger partial charge in [0.2, 0.25) is 0 Å². The normalized spacial score (nSPS) is 11.7. The van der Waals surface area contributed by atoms with Gasteiger partial charge in [-0.25, -0.2) is 4.98 Å². The Hall–Kier alpha value is -2.96. The molecule has 6 heteroatoms. The smallest absolute Gasteiger partial charge is 0.266 e. The quantitative estimate of drug-likeness (QED) is 0.337. The van der Waals surface area contributed by atoms with Crippen LogP contribution in [0, 0.1) is 0 Å². The molecule has 1 heterocycles. The number of amides is 1. The van der Waals surface area contributed by atoms with Crippen LogP contribution in [0.3, 0.4) is 0 Å². The molecule has 1 atom stereocenters. The number of hydrogen-bond donors (Lipinski definition) is 1. The Morgan fingerprint density at radius 3 is 2.40 bits per heavy atom. The topological polar surface area (TPSA) is 51.2 Å². The van der Waals surface area contributed by atoms with Crippen LogP contribution in [0.5, 0.6) is 5.75 Å². The van der Waals surface area contributed by atoms with Crippen LogP contribution in [0.2, 0.25) is 0 Å². The van der Waals surface area contributed by atoms with Gasteiger partial charge in [-0.15, -0.1) is 11.3 Å². The number of anilines is 1.